The smallest absolute Gasteiger partial charge is 0.303 e. The Balaban J connectivity index is 2.00. The molecule has 0 bridgehead atoms. The molecule has 0 unspecified atom stereocenters. The van der Waals surface area contributed by atoms with Crippen LogP contribution in [0.1, 0.15) is 25.3 Å². The van der Waals surface area contributed by atoms with Crippen LogP contribution in [0.3, 0.4) is 0 Å². The summed E-state index contributed by atoms with van der Waals surface area (Å²) in [5.74, 6) is -1.17. The number of aliphatic carboxylic acids is 1. The van der Waals surface area contributed by atoms with Gasteiger partial charge in [-0.2, -0.15) is 0 Å². The van der Waals surface area contributed by atoms with Gasteiger partial charge in [0.05, 0.1) is 6.61 Å². The Kier molecular flexibility index (Phi) is 6.01. The minimum Gasteiger partial charge on any atom is -0.504 e. The molecule has 0 atom stereocenters. The Bertz CT molecular complexity index is 715. The highest BCUT2D eigenvalue weighted by atomic mass is 19.1. The number of aromatic hydroxyl groups is 1. The van der Waals surface area contributed by atoms with Crippen LogP contribution in [0.25, 0.3) is 0 Å². The van der Waals surface area contributed by atoms with Gasteiger partial charge in [0, 0.05) is 12.5 Å². The molecule has 2 aromatic carbocycles. The van der Waals surface area contributed by atoms with Gasteiger partial charge in [-0.15, -0.1) is 0 Å². The quantitative estimate of drug-likeness (QED) is 0.710. The van der Waals surface area contributed by atoms with Crippen molar-refractivity contribution in [2.24, 2.45) is 0 Å². The number of carbonyl (C=O) groups is 1. The SMILES string of the molecule is CCc1ccc(Oc2ccc(OCCCC(=O)O)cc2F)c(O)c1. The van der Waals surface area contributed by atoms with Gasteiger partial charge in [-0.05, 0) is 42.7 Å². The molecule has 0 spiro atoms. The van der Waals surface area contributed by atoms with Crippen molar-refractivity contribution in [1.29, 1.82) is 0 Å². The summed E-state index contributed by atoms with van der Waals surface area (Å²) in [5.41, 5.74) is 0.949. The summed E-state index contributed by atoms with van der Waals surface area (Å²) in [5, 5.41) is 18.4. The summed E-state index contributed by atoms with van der Waals surface area (Å²) in [6.07, 6.45) is 1.11. The molecule has 5 nitrogen and oxygen atoms in total. The number of hydrogen-bond acceptors (Lipinski definition) is 4. The average molecular weight is 334 g/mol. The van der Waals surface area contributed by atoms with Gasteiger partial charge < -0.3 is 19.7 Å². The summed E-state index contributed by atoms with van der Waals surface area (Å²) < 4.78 is 24.8. The highest BCUT2D eigenvalue weighted by Crippen LogP contribution is 2.33. The third-order valence-electron chi connectivity index (χ3n) is 3.36. The summed E-state index contributed by atoms with van der Waals surface area (Å²) in [6, 6.07) is 9.04. The Morgan fingerprint density at radius 2 is 1.92 bits per heavy atom. The Hall–Kier alpha value is -2.76. The normalized spacial score (nSPS) is 10.4. The molecule has 2 N–H and O–H groups in total. The number of carboxylic acids is 1. The zero-order valence-electron chi connectivity index (χ0n) is 13.3. The van der Waals surface area contributed by atoms with Gasteiger partial charge in [0.15, 0.2) is 23.1 Å². The molecule has 6 heteroatoms. The molecule has 0 radical (unpaired) electrons. The van der Waals surface area contributed by atoms with Crippen LogP contribution in [0.5, 0.6) is 23.0 Å². The number of carboxylic acid groups (broad SMARTS) is 1. The van der Waals surface area contributed by atoms with Gasteiger partial charge >= 0.3 is 5.97 Å². The van der Waals surface area contributed by atoms with Crippen LogP contribution in [0.15, 0.2) is 36.4 Å². The molecule has 0 fully saturated rings. The number of hydrogen-bond donors (Lipinski definition) is 2. The zero-order chi connectivity index (χ0) is 17.5. The van der Waals surface area contributed by atoms with Crippen LogP contribution < -0.4 is 9.47 Å². The zero-order valence-corrected chi connectivity index (χ0v) is 13.3. The monoisotopic (exact) mass is 334 g/mol. The van der Waals surface area contributed by atoms with Crippen molar-refractivity contribution in [3.05, 3.63) is 47.8 Å². The summed E-state index contributed by atoms with van der Waals surface area (Å²) in [7, 11) is 0. The molecule has 0 amide bonds. The lowest BCUT2D eigenvalue weighted by Gasteiger charge is -2.11. The maximum absolute atomic E-state index is 14.1. The molecule has 2 rings (SSSR count). The number of ether oxygens (including phenoxy) is 2. The van der Waals surface area contributed by atoms with E-state index in [1.165, 1.54) is 12.1 Å². The number of halogens is 1. The Morgan fingerprint density at radius 1 is 1.17 bits per heavy atom. The van der Waals surface area contributed by atoms with Crippen LogP contribution in [-0.2, 0) is 11.2 Å². The predicted molar refractivity (Wildman–Crippen MR) is 86.3 cm³/mol. The van der Waals surface area contributed by atoms with Crippen molar-refractivity contribution in [3.63, 3.8) is 0 Å². The van der Waals surface area contributed by atoms with Crippen molar-refractivity contribution in [3.8, 4) is 23.0 Å². The van der Waals surface area contributed by atoms with Crippen LogP contribution in [0.2, 0.25) is 0 Å². The summed E-state index contributed by atoms with van der Waals surface area (Å²) in [6.45, 7) is 2.15. The fourth-order valence-electron chi connectivity index (χ4n) is 2.06. The van der Waals surface area contributed by atoms with Crippen LogP contribution >= 0.6 is 0 Å². The van der Waals surface area contributed by atoms with Gasteiger partial charge in [0.2, 0.25) is 0 Å². The molecule has 128 valence electrons. The molecular formula is C18H19FO5. The molecule has 24 heavy (non-hydrogen) atoms. The molecule has 0 saturated carbocycles. The first-order valence-electron chi connectivity index (χ1n) is 7.63. The van der Waals surface area contributed by atoms with E-state index in [1.54, 1.807) is 18.2 Å². The molecule has 2 aromatic rings. The first kappa shape index (κ1) is 17.6. The van der Waals surface area contributed by atoms with E-state index >= 15 is 0 Å². The lowest BCUT2D eigenvalue weighted by atomic mass is 10.1. The van der Waals surface area contributed by atoms with E-state index in [9.17, 15) is 14.3 Å². The van der Waals surface area contributed by atoms with Crippen LogP contribution in [-0.4, -0.2) is 22.8 Å². The second-order valence-electron chi connectivity index (χ2n) is 5.20. The highest BCUT2D eigenvalue weighted by molar-refractivity contribution is 5.66. The van der Waals surface area contributed by atoms with Gasteiger partial charge in [0.1, 0.15) is 5.75 Å². The highest BCUT2D eigenvalue weighted by Gasteiger charge is 2.10. The lowest BCUT2D eigenvalue weighted by molar-refractivity contribution is -0.137. The average Bonchev–Trinajstić information content (AvgIpc) is 2.55. The number of aryl methyl sites for hydroxylation is 1. The van der Waals surface area contributed by atoms with Gasteiger partial charge in [0.25, 0.3) is 0 Å². The molecule has 0 aliphatic carbocycles. The minimum absolute atomic E-state index is 0.00326. The van der Waals surface area contributed by atoms with E-state index in [2.05, 4.69) is 0 Å². The van der Waals surface area contributed by atoms with Crippen molar-refractivity contribution in [2.75, 3.05) is 6.61 Å². The van der Waals surface area contributed by atoms with Crippen molar-refractivity contribution in [1.82, 2.24) is 0 Å². The second kappa shape index (κ2) is 8.19. The number of phenolic OH excluding ortho intramolecular Hbond substituents is 1. The van der Waals surface area contributed by atoms with Crippen molar-refractivity contribution < 1.29 is 28.9 Å². The topological polar surface area (TPSA) is 76.0 Å². The standard InChI is InChI=1S/C18H19FO5/c1-2-12-5-7-17(15(20)10-12)24-16-8-6-13(11-14(16)19)23-9-3-4-18(21)22/h5-8,10-11,20H,2-4,9H2,1H3,(H,21,22). The fraction of sp³-hybridized carbons (Fsp3) is 0.278. The Labute approximate surface area is 139 Å². The van der Waals surface area contributed by atoms with Gasteiger partial charge in [-0.3, -0.25) is 4.79 Å². The molecule has 0 aliphatic heterocycles. The largest absolute Gasteiger partial charge is 0.504 e. The van der Waals surface area contributed by atoms with E-state index in [0.717, 1.165) is 18.1 Å². The molecule has 0 aromatic heterocycles. The number of rotatable bonds is 8. The molecular weight excluding hydrogens is 315 g/mol. The molecule has 0 saturated heterocycles. The number of phenols is 1. The second-order valence-corrected chi connectivity index (χ2v) is 5.20. The Morgan fingerprint density at radius 3 is 2.54 bits per heavy atom. The summed E-state index contributed by atoms with van der Waals surface area (Å²) >= 11 is 0. The third-order valence-corrected chi connectivity index (χ3v) is 3.36. The van der Waals surface area contributed by atoms with E-state index in [1.807, 2.05) is 6.92 Å². The third kappa shape index (κ3) is 4.87. The fourth-order valence-corrected chi connectivity index (χ4v) is 2.06. The lowest BCUT2D eigenvalue weighted by Crippen LogP contribution is -2.02. The first-order valence-corrected chi connectivity index (χ1v) is 7.63. The molecule has 0 aliphatic rings. The maximum atomic E-state index is 14.1. The van der Waals surface area contributed by atoms with E-state index in [0.29, 0.717) is 6.42 Å². The van der Waals surface area contributed by atoms with E-state index in [4.69, 9.17) is 14.6 Å². The van der Waals surface area contributed by atoms with Crippen molar-refractivity contribution >= 4 is 5.97 Å². The number of benzene rings is 2. The maximum Gasteiger partial charge on any atom is 0.303 e. The summed E-state index contributed by atoms with van der Waals surface area (Å²) in [4.78, 5) is 10.4. The molecule has 0 heterocycles. The van der Waals surface area contributed by atoms with Crippen LogP contribution in [0.4, 0.5) is 4.39 Å². The predicted octanol–water partition coefficient (Wildman–Crippen LogP) is 4.13. The van der Waals surface area contributed by atoms with Crippen LogP contribution in [0, 0.1) is 5.82 Å². The van der Waals surface area contributed by atoms with Gasteiger partial charge in [-0.1, -0.05) is 13.0 Å². The van der Waals surface area contributed by atoms with Crippen molar-refractivity contribution in [2.45, 2.75) is 26.2 Å². The minimum atomic E-state index is -0.901. The van der Waals surface area contributed by atoms with Gasteiger partial charge in [-0.25, -0.2) is 4.39 Å². The van der Waals surface area contributed by atoms with E-state index < -0.39 is 11.8 Å². The first-order chi connectivity index (χ1) is 11.5. The van der Waals surface area contributed by atoms with E-state index in [-0.39, 0.29) is 36.0 Å².